The van der Waals surface area contributed by atoms with Gasteiger partial charge >= 0.3 is 0 Å². The average Bonchev–Trinajstić information content (AvgIpc) is 2.52. The van der Waals surface area contributed by atoms with E-state index in [9.17, 15) is 13.6 Å². The lowest BCUT2D eigenvalue weighted by molar-refractivity contribution is 0.468. The van der Waals surface area contributed by atoms with E-state index in [1.807, 2.05) is 13.8 Å². The second-order valence-electron chi connectivity index (χ2n) is 5.90. The number of fused-ring (bicyclic) bond motifs is 1. The molecule has 1 heterocycles. The Morgan fingerprint density at radius 2 is 1.74 bits per heavy atom. The second kappa shape index (κ2) is 5.91. The van der Waals surface area contributed by atoms with Gasteiger partial charge in [-0.3, -0.25) is 4.79 Å². The fourth-order valence-electron chi connectivity index (χ4n) is 2.56. The first kappa shape index (κ1) is 15.3. The van der Waals surface area contributed by atoms with Crippen LogP contribution in [0.25, 0.3) is 22.0 Å². The van der Waals surface area contributed by atoms with E-state index >= 15 is 0 Å². The minimum Gasteiger partial charge on any atom is -0.267 e. The number of halogens is 2. The molecule has 0 saturated carbocycles. The molecule has 0 N–H and O–H groups in total. The van der Waals surface area contributed by atoms with Gasteiger partial charge < -0.3 is 0 Å². The lowest BCUT2D eigenvalue weighted by Gasteiger charge is -2.13. The smallest absolute Gasteiger partial charge is 0.267 e. The van der Waals surface area contributed by atoms with E-state index in [0.29, 0.717) is 28.6 Å². The molecule has 5 heteroatoms. The fraction of sp³-hybridized carbons (Fsp3) is 0.222. The summed E-state index contributed by atoms with van der Waals surface area (Å²) in [5.41, 5.74) is 0.734. The molecule has 0 aliphatic heterocycles. The average molecular weight is 314 g/mol. The van der Waals surface area contributed by atoms with Crippen molar-refractivity contribution in [1.82, 2.24) is 9.78 Å². The largest absolute Gasteiger partial charge is 0.274 e. The lowest BCUT2D eigenvalue weighted by atomic mass is 10.0. The number of rotatable bonds is 3. The molecule has 2 aromatic carbocycles. The third-order valence-electron chi connectivity index (χ3n) is 3.60. The van der Waals surface area contributed by atoms with E-state index in [2.05, 4.69) is 5.10 Å². The molecule has 3 aromatic rings. The number of hydrogen-bond acceptors (Lipinski definition) is 2. The highest BCUT2D eigenvalue weighted by atomic mass is 19.2. The monoisotopic (exact) mass is 314 g/mol. The van der Waals surface area contributed by atoms with E-state index in [0.717, 1.165) is 12.1 Å². The summed E-state index contributed by atoms with van der Waals surface area (Å²) in [7, 11) is 0. The van der Waals surface area contributed by atoms with Gasteiger partial charge in [0.05, 0.1) is 11.1 Å². The lowest BCUT2D eigenvalue weighted by Crippen LogP contribution is -2.25. The van der Waals surface area contributed by atoms with Crippen LogP contribution in [0.5, 0.6) is 0 Å². The number of nitrogens with zero attached hydrogens (tertiary/aromatic N) is 2. The zero-order valence-corrected chi connectivity index (χ0v) is 12.9. The predicted octanol–water partition coefficient (Wildman–Crippen LogP) is 4.00. The number of benzene rings is 2. The highest BCUT2D eigenvalue weighted by Gasteiger charge is 2.14. The molecule has 0 aliphatic rings. The van der Waals surface area contributed by atoms with Crippen molar-refractivity contribution in [2.24, 2.45) is 5.92 Å². The highest BCUT2D eigenvalue weighted by molar-refractivity contribution is 5.93. The van der Waals surface area contributed by atoms with Crippen molar-refractivity contribution >= 4 is 10.8 Å². The summed E-state index contributed by atoms with van der Waals surface area (Å²) < 4.78 is 28.2. The molecular formula is C18H16F2N2O. The van der Waals surface area contributed by atoms with Crippen molar-refractivity contribution < 1.29 is 8.78 Å². The van der Waals surface area contributed by atoms with Crippen LogP contribution in [0.15, 0.2) is 47.3 Å². The minimum atomic E-state index is -0.935. The molecule has 0 saturated heterocycles. The maximum Gasteiger partial charge on any atom is 0.274 e. The minimum absolute atomic E-state index is 0.180. The topological polar surface area (TPSA) is 34.9 Å². The van der Waals surface area contributed by atoms with Crippen molar-refractivity contribution in [2.45, 2.75) is 20.4 Å². The van der Waals surface area contributed by atoms with Gasteiger partial charge in [0.25, 0.3) is 5.56 Å². The third-order valence-corrected chi connectivity index (χ3v) is 3.60. The summed E-state index contributed by atoms with van der Waals surface area (Å²) in [4.78, 5) is 12.5. The van der Waals surface area contributed by atoms with Crippen LogP contribution >= 0.6 is 0 Å². The fourth-order valence-corrected chi connectivity index (χ4v) is 2.56. The molecule has 0 amide bonds. The maximum atomic E-state index is 13.6. The zero-order chi connectivity index (χ0) is 16.6. The van der Waals surface area contributed by atoms with E-state index in [1.165, 1.54) is 10.7 Å². The molecule has 0 spiro atoms. The van der Waals surface area contributed by atoms with Gasteiger partial charge in [0.15, 0.2) is 11.6 Å². The molecule has 118 valence electrons. The van der Waals surface area contributed by atoms with Crippen LogP contribution in [0.2, 0.25) is 0 Å². The van der Waals surface area contributed by atoms with Crippen LogP contribution < -0.4 is 5.56 Å². The van der Waals surface area contributed by atoms with Gasteiger partial charge in [-0.15, -0.1) is 0 Å². The van der Waals surface area contributed by atoms with Crippen molar-refractivity contribution in [1.29, 1.82) is 0 Å². The zero-order valence-electron chi connectivity index (χ0n) is 12.9. The molecular weight excluding hydrogens is 298 g/mol. The third kappa shape index (κ3) is 2.86. The first-order valence-electron chi connectivity index (χ1n) is 7.42. The quantitative estimate of drug-likeness (QED) is 0.732. The van der Waals surface area contributed by atoms with Crippen LogP contribution in [-0.4, -0.2) is 9.78 Å². The maximum absolute atomic E-state index is 13.6. The van der Waals surface area contributed by atoms with E-state index in [-0.39, 0.29) is 11.5 Å². The summed E-state index contributed by atoms with van der Waals surface area (Å²) in [5.74, 6) is -1.61. The van der Waals surface area contributed by atoms with Gasteiger partial charge in [-0.1, -0.05) is 32.0 Å². The molecule has 0 radical (unpaired) electrons. The molecule has 3 rings (SSSR count). The van der Waals surface area contributed by atoms with Gasteiger partial charge in [0, 0.05) is 17.5 Å². The van der Waals surface area contributed by atoms with Gasteiger partial charge in [-0.05, 0) is 30.2 Å². The Labute approximate surface area is 132 Å². The molecule has 23 heavy (non-hydrogen) atoms. The standard InChI is InChI=1S/C18H16F2N2O/c1-11(2)10-22-18(23)14-6-4-3-5-13(14)17(21-22)12-7-8-15(19)16(20)9-12/h3-9,11H,10H2,1-2H3. The SMILES string of the molecule is CC(C)Cn1nc(-c2ccc(F)c(F)c2)c2ccccc2c1=O. The molecule has 0 atom stereocenters. The van der Waals surface area contributed by atoms with Gasteiger partial charge in [-0.2, -0.15) is 5.10 Å². The van der Waals surface area contributed by atoms with Crippen molar-refractivity contribution in [3.63, 3.8) is 0 Å². The molecule has 0 bridgehead atoms. The Hall–Kier alpha value is -2.56. The molecule has 3 nitrogen and oxygen atoms in total. The van der Waals surface area contributed by atoms with E-state index in [4.69, 9.17) is 0 Å². The predicted molar refractivity (Wildman–Crippen MR) is 86.2 cm³/mol. The summed E-state index contributed by atoms with van der Waals surface area (Å²) in [5, 5.41) is 5.54. The summed E-state index contributed by atoms with van der Waals surface area (Å²) in [6.45, 7) is 4.43. The van der Waals surface area contributed by atoms with Crippen LogP contribution in [-0.2, 0) is 6.54 Å². The first-order valence-corrected chi connectivity index (χ1v) is 7.42. The van der Waals surface area contributed by atoms with E-state index < -0.39 is 11.6 Å². The molecule has 0 unspecified atom stereocenters. The Bertz CT molecular complexity index is 932. The normalized spacial score (nSPS) is 11.3. The van der Waals surface area contributed by atoms with E-state index in [1.54, 1.807) is 24.3 Å². The molecule has 0 aliphatic carbocycles. The van der Waals surface area contributed by atoms with Crippen LogP contribution in [0.3, 0.4) is 0 Å². The van der Waals surface area contributed by atoms with Crippen LogP contribution in [0.1, 0.15) is 13.8 Å². The van der Waals surface area contributed by atoms with Crippen molar-refractivity contribution in [2.75, 3.05) is 0 Å². The number of hydrogen-bond donors (Lipinski definition) is 0. The summed E-state index contributed by atoms with van der Waals surface area (Å²) >= 11 is 0. The van der Waals surface area contributed by atoms with Gasteiger partial charge in [0.2, 0.25) is 0 Å². The van der Waals surface area contributed by atoms with Crippen molar-refractivity contribution in [3.8, 4) is 11.3 Å². The molecule has 1 aromatic heterocycles. The Balaban J connectivity index is 2.32. The van der Waals surface area contributed by atoms with Crippen molar-refractivity contribution in [3.05, 3.63) is 64.5 Å². The Morgan fingerprint density at radius 3 is 2.39 bits per heavy atom. The summed E-state index contributed by atoms with van der Waals surface area (Å²) in [6, 6.07) is 10.7. The van der Waals surface area contributed by atoms with Gasteiger partial charge in [-0.25, -0.2) is 13.5 Å². The van der Waals surface area contributed by atoms with Crippen LogP contribution in [0, 0.1) is 17.6 Å². The second-order valence-corrected chi connectivity index (χ2v) is 5.90. The summed E-state index contributed by atoms with van der Waals surface area (Å²) in [6.07, 6.45) is 0. The van der Waals surface area contributed by atoms with Crippen LogP contribution in [0.4, 0.5) is 8.78 Å². The Kier molecular flexibility index (Phi) is 3.94. The highest BCUT2D eigenvalue weighted by Crippen LogP contribution is 2.26. The Morgan fingerprint density at radius 1 is 1.04 bits per heavy atom. The number of aromatic nitrogens is 2. The first-order chi connectivity index (χ1) is 11.0. The van der Waals surface area contributed by atoms with Gasteiger partial charge in [0.1, 0.15) is 0 Å². The molecule has 0 fully saturated rings.